The molecule has 0 amide bonds. The van der Waals surface area contributed by atoms with E-state index in [1.165, 1.54) is 12.1 Å². The number of nitrogens with zero attached hydrogens (tertiary/aromatic N) is 1. The third-order valence-corrected chi connectivity index (χ3v) is 2.67. The molecule has 0 heterocycles. The second-order valence-electron chi connectivity index (χ2n) is 3.06. The Morgan fingerprint density at radius 1 is 1.21 bits per heavy atom. The lowest BCUT2D eigenvalue weighted by atomic mass is 10.2. The molecule has 0 atom stereocenters. The predicted octanol–water partition coefficient (Wildman–Crippen LogP) is 3.38. The molecule has 0 aliphatic carbocycles. The van der Waals surface area contributed by atoms with E-state index in [0.717, 1.165) is 11.8 Å². The van der Waals surface area contributed by atoms with Crippen molar-refractivity contribution in [1.29, 1.82) is 0 Å². The molecular weight excluding hydrogens is 306 g/mol. The van der Waals surface area contributed by atoms with Crippen LogP contribution in [0.2, 0.25) is 0 Å². The zero-order valence-electron chi connectivity index (χ0n) is 7.69. The molecule has 0 unspecified atom stereocenters. The van der Waals surface area contributed by atoms with Crippen molar-refractivity contribution in [2.24, 2.45) is 0 Å². The van der Waals surface area contributed by atoms with Crippen LogP contribution in [0.25, 0.3) is 0 Å². The van der Waals surface area contributed by atoms with Crippen molar-refractivity contribution in [3.8, 4) is 0 Å². The van der Waals surface area contributed by atoms with E-state index in [1.807, 2.05) is 0 Å². The highest BCUT2D eigenvalue weighted by Crippen LogP contribution is 2.34. The lowest BCUT2D eigenvalue weighted by Gasteiger charge is -2.15. The normalized spacial score (nSPS) is 11.6. The van der Waals surface area contributed by atoms with Gasteiger partial charge in [-0.2, -0.15) is 13.2 Å². The molecule has 0 aliphatic rings. The summed E-state index contributed by atoms with van der Waals surface area (Å²) in [4.78, 5) is 1.77. The van der Waals surface area contributed by atoms with E-state index in [-0.39, 0.29) is 3.57 Å². The van der Waals surface area contributed by atoms with Gasteiger partial charge in [-0.15, -0.1) is 0 Å². The van der Waals surface area contributed by atoms with Gasteiger partial charge in [-0.3, -0.25) is 0 Å². The average Bonchev–Trinajstić information content (AvgIpc) is 2.01. The molecular formula is C9H9F3IN. The van der Waals surface area contributed by atoms with Crippen molar-refractivity contribution in [3.05, 3.63) is 27.3 Å². The number of hydrogen-bond acceptors (Lipinski definition) is 1. The standard InChI is InChI=1S/C9H9F3IN/c1-14(2)6-3-4-7(8(13)5-6)9(10,11)12/h3-5H,1-2H3. The fourth-order valence-electron chi connectivity index (χ4n) is 1.01. The summed E-state index contributed by atoms with van der Waals surface area (Å²) in [6.07, 6.45) is -4.26. The minimum Gasteiger partial charge on any atom is -0.378 e. The van der Waals surface area contributed by atoms with Crippen molar-refractivity contribution in [3.63, 3.8) is 0 Å². The van der Waals surface area contributed by atoms with E-state index in [2.05, 4.69) is 0 Å². The molecule has 0 aliphatic heterocycles. The van der Waals surface area contributed by atoms with Crippen LogP contribution in [0.15, 0.2) is 18.2 Å². The maximum atomic E-state index is 12.4. The average molecular weight is 315 g/mol. The minimum atomic E-state index is -4.26. The Labute approximate surface area is 94.0 Å². The molecule has 1 nitrogen and oxygen atoms in total. The van der Waals surface area contributed by atoms with E-state index in [0.29, 0.717) is 0 Å². The second kappa shape index (κ2) is 3.96. The first kappa shape index (κ1) is 11.6. The molecule has 0 aromatic heterocycles. The molecule has 1 aromatic rings. The smallest absolute Gasteiger partial charge is 0.378 e. The van der Waals surface area contributed by atoms with Gasteiger partial charge in [0.25, 0.3) is 0 Å². The number of rotatable bonds is 1. The van der Waals surface area contributed by atoms with Gasteiger partial charge in [-0.1, -0.05) is 0 Å². The van der Waals surface area contributed by atoms with Gasteiger partial charge in [-0.25, -0.2) is 0 Å². The monoisotopic (exact) mass is 315 g/mol. The Hall–Kier alpha value is -0.460. The summed E-state index contributed by atoms with van der Waals surface area (Å²) in [5.41, 5.74) is 0.186. The van der Waals surface area contributed by atoms with Crippen molar-refractivity contribution < 1.29 is 13.2 Å². The fourth-order valence-corrected chi connectivity index (χ4v) is 1.82. The van der Waals surface area contributed by atoms with E-state index in [4.69, 9.17) is 0 Å². The number of halogens is 4. The second-order valence-corrected chi connectivity index (χ2v) is 4.22. The van der Waals surface area contributed by atoms with Gasteiger partial charge in [0.05, 0.1) is 5.56 Å². The molecule has 0 bridgehead atoms. The molecule has 0 fully saturated rings. The van der Waals surface area contributed by atoms with Gasteiger partial charge in [0.2, 0.25) is 0 Å². The van der Waals surface area contributed by atoms with Crippen molar-refractivity contribution in [2.75, 3.05) is 19.0 Å². The Balaban J connectivity index is 3.15. The quantitative estimate of drug-likeness (QED) is 0.718. The van der Waals surface area contributed by atoms with Gasteiger partial charge in [0, 0.05) is 23.4 Å². The molecule has 1 rings (SSSR count). The molecule has 0 saturated heterocycles. The summed E-state index contributed by atoms with van der Waals surface area (Å²) in [5, 5.41) is 0. The lowest BCUT2D eigenvalue weighted by Crippen LogP contribution is -2.11. The number of anilines is 1. The van der Waals surface area contributed by atoms with Crippen LogP contribution in [-0.4, -0.2) is 14.1 Å². The fraction of sp³-hybridized carbons (Fsp3) is 0.333. The lowest BCUT2D eigenvalue weighted by molar-refractivity contribution is -0.138. The molecule has 5 heteroatoms. The molecule has 0 radical (unpaired) electrons. The zero-order valence-corrected chi connectivity index (χ0v) is 9.85. The predicted molar refractivity (Wildman–Crippen MR) is 58.5 cm³/mol. The summed E-state index contributed by atoms with van der Waals surface area (Å²) in [6.45, 7) is 0. The SMILES string of the molecule is CN(C)c1ccc(C(F)(F)F)c(I)c1. The Morgan fingerprint density at radius 3 is 2.14 bits per heavy atom. The van der Waals surface area contributed by atoms with E-state index >= 15 is 0 Å². The van der Waals surface area contributed by atoms with E-state index in [9.17, 15) is 13.2 Å². The van der Waals surface area contributed by atoms with Gasteiger partial charge in [-0.05, 0) is 40.8 Å². The van der Waals surface area contributed by atoms with Crippen LogP contribution < -0.4 is 4.90 Å². The summed E-state index contributed by atoms with van der Waals surface area (Å²) >= 11 is 1.70. The first-order chi connectivity index (χ1) is 6.32. The third kappa shape index (κ3) is 2.52. The van der Waals surface area contributed by atoms with Gasteiger partial charge in [0.15, 0.2) is 0 Å². The van der Waals surface area contributed by atoms with Gasteiger partial charge < -0.3 is 4.90 Å². The number of hydrogen-bond donors (Lipinski definition) is 0. The van der Waals surface area contributed by atoms with Crippen LogP contribution in [0.1, 0.15) is 5.56 Å². The highest BCUT2D eigenvalue weighted by molar-refractivity contribution is 14.1. The third-order valence-electron chi connectivity index (χ3n) is 1.77. The molecule has 14 heavy (non-hydrogen) atoms. The van der Waals surface area contributed by atoms with Crippen molar-refractivity contribution in [2.45, 2.75) is 6.18 Å². The number of benzene rings is 1. The first-order valence-corrected chi connectivity index (χ1v) is 4.94. The van der Waals surface area contributed by atoms with Crippen LogP contribution in [0.5, 0.6) is 0 Å². The molecule has 78 valence electrons. The minimum absolute atomic E-state index is 0.223. The molecule has 0 spiro atoms. The summed E-state index contributed by atoms with van der Waals surface area (Å²) in [6, 6.07) is 4.09. The van der Waals surface area contributed by atoms with Crippen molar-refractivity contribution in [1.82, 2.24) is 0 Å². The first-order valence-electron chi connectivity index (χ1n) is 3.86. The Kier molecular flexibility index (Phi) is 3.28. The van der Waals surface area contributed by atoms with Crippen LogP contribution >= 0.6 is 22.6 Å². The highest BCUT2D eigenvalue weighted by atomic mass is 127. The maximum Gasteiger partial charge on any atom is 0.417 e. The van der Waals surface area contributed by atoms with E-state index in [1.54, 1.807) is 41.6 Å². The van der Waals surface area contributed by atoms with Crippen molar-refractivity contribution >= 4 is 28.3 Å². The Morgan fingerprint density at radius 2 is 1.79 bits per heavy atom. The highest BCUT2D eigenvalue weighted by Gasteiger charge is 2.32. The molecule has 0 N–H and O–H groups in total. The van der Waals surface area contributed by atoms with Gasteiger partial charge >= 0.3 is 6.18 Å². The van der Waals surface area contributed by atoms with E-state index < -0.39 is 11.7 Å². The summed E-state index contributed by atoms with van der Waals surface area (Å²) < 4.78 is 37.3. The largest absolute Gasteiger partial charge is 0.417 e. The maximum absolute atomic E-state index is 12.4. The topological polar surface area (TPSA) is 3.24 Å². The van der Waals surface area contributed by atoms with Crippen LogP contribution in [0, 0.1) is 3.57 Å². The number of alkyl halides is 3. The van der Waals surface area contributed by atoms with Crippen LogP contribution in [-0.2, 0) is 6.18 Å². The van der Waals surface area contributed by atoms with Crippen LogP contribution in [0.4, 0.5) is 18.9 Å². The Bertz CT molecular complexity index is 333. The molecule has 0 saturated carbocycles. The summed E-state index contributed by atoms with van der Waals surface area (Å²) in [7, 11) is 3.58. The molecule has 1 aromatic carbocycles. The zero-order chi connectivity index (χ0) is 10.9. The van der Waals surface area contributed by atoms with Gasteiger partial charge in [0.1, 0.15) is 0 Å². The summed E-state index contributed by atoms with van der Waals surface area (Å²) in [5.74, 6) is 0. The van der Waals surface area contributed by atoms with Crippen LogP contribution in [0.3, 0.4) is 0 Å².